The van der Waals surface area contributed by atoms with Crippen molar-refractivity contribution in [3.8, 4) is 5.75 Å². The van der Waals surface area contributed by atoms with E-state index in [9.17, 15) is 9.90 Å². The number of nitrogens with one attached hydrogen (secondary N) is 1. The SMILES string of the molecule is CC(C)C(=O)N1CC[NH+](C[C@H](O)COc2ccccc2C(C)C)CC1. The Kier molecular flexibility index (Phi) is 7.26. The molecule has 0 unspecified atom stereocenters. The van der Waals surface area contributed by atoms with E-state index in [0.29, 0.717) is 19.1 Å². The van der Waals surface area contributed by atoms with Crippen LogP contribution >= 0.6 is 0 Å². The quantitative estimate of drug-likeness (QED) is 0.770. The van der Waals surface area contributed by atoms with Crippen molar-refractivity contribution in [2.45, 2.75) is 39.7 Å². The lowest BCUT2D eigenvalue weighted by Gasteiger charge is -2.34. The number of nitrogens with zero attached hydrogens (tertiary/aromatic N) is 1. The molecule has 2 rings (SSSR count). The number of aliphatic hydroxyl groups is 1. The van der Waals surface area contributed by atoms with Crippen molar-refractivity contribution in [1.82, 2.24) is 4.90 Å². The van der Waals surface area contributed by atoms with Crippen LogP contribution in [0.4, 0.5) is 0 Å². The largest absolute Gasteiger partial charge is 0.490 e. The summed E-state index contributed by atoms with van der Waals surface area (Å²) in [6.07, 6.45) is -0.498. The lowest BCUT2D eigenvalue weighted by atomic mass is 10.0. The van der Waals surface area contributed by atoms with E-state index in [1.165, 1.54) is 10.5 Å². The Balaban J connectivity index is 1.77. The number of piperazine rings is 1. The van der Waals surface area contributed by atoms with Crippen molar-refractivity contribution in [2.24, 2.45) is 5.92 Å². The van der Waals surface area contributed by atoms with Gasteiger partial charge < -0.3 is 19.6 Å². The molecule has 1 aliphatic heterocycles. The third kappa shape index (κ3) is 5.72. The second-order valence-electron chi connectivity index (χ2n) is 7.59. The maximum absolute atomic E-state index is 12.0. The van der Waals surface area contributed by atoms with Crippen LogP contribution in [-0.2, 0) is 4.79 Å². The van der Waals surface area contributed by atoms with Gasteiger partial charge >= 0.3 is 0 Å². The number of quaternary nitrogens is 1. The van der Waals surface area contributed by atoms with Crippen LogP contribution in [-0.4, -0.2) is 61.3 Å². The number of hydrogen-bond acceptors (Lipinski definition) is 3. The molecule has 1 amide bonds. The van der Waals surface area contributed by atoms with Crippen LogP contribution in [0.25, 0.3) is 0 Å². The Morgan fingerprint density at radius 2 is 1.84 bits per heavy atom. The summed E-state index contributed by atoms with van der Waals surface area (Å²) in [4.78, 5) is 15.3. The number of carbonyl (C=O) groups excluding carboxylic acids is 1. The number of para-hydroxylation sites is 1. The average molecular weight is 349 g/mol. The van der Waals surface area contributed by atoms with E-state index in [0.717, 1.165) is 31.9 Å². The number of aliphatic hydroxyl groups excluding tert-OH is 1. The Morgan fingerprint density at radius 1 is 1.20 bits per heavy atom. The monoisotopic (exact) mass is 349 g/mol. The van der Waals surface area contributed by atoms with Crippen LogP contribution in [0.1, 0.15) is 39.2 Å². The summed E-state index contributed by atoms with van der Waals surface area (Å²) in [5.74, 6) is 1.54. The number of hydrogen-bond donors (Lipinski definition) is 2. The highest BCUT2D eigenvalue weighted by Crippen LogP contribution is 2.25. The summed E-state index contributed by atoms with van der Waals surface area (Å²) in [7, 11) is 0. The second kappa shape index (κ2) is 9.20. The van der Waals surface area contributed by atoms with Gasteiger partial charge in [-0.1, -0.05) is 45.9 Å². The standard InChI is InChI=1S/C20H32N2O3/c1-15(2)18-7-5-6-8-19(18)25-14-17(23)13-21-9-11-22(12-10-21)20(24)16(3)4/h5-8,15-17,23H,9-14H2,1-4H3/p+1/t17-/m0/s1. The lowest BCUT2D eigenvalue weighted by molar-refractivity contribution is -0.907. The molecule has 0 aromatic heterocycles. The molecule has 0 spiro atoms. The van der Waals surface area contributed by atoms with E-state index < -0.39 is 6.10 Å². The molecular weight excluding hydrogens is 316 g/mol. The first-order chi connectivity index (χ1) is 11.9. The minimum atomic E-state index is -0.498. The Bertz CT molecular complexity index is 552. The number of ether oxygens (including phenoxy) is 1. The van der Waals surface area contributed by atoms with Gasteiger partial charge in [-0.05, 0) is 17.5 Å². The molecule has 140 valence electrons. The number of carbonyl (C=O) groups is 1. The summed E-state index contributed by atoms with van der Waals surface area (Å²) < 4.78 is 5.86. The normalized spacial score (nSPS) is 17.2. The predicted octanol–water partition coefficient (Wildman–Crippen LogP) is 0.933. The number of rotatable bonds is 7. The van der Waals surface area contributed by atoms with E-state index in [1.54, 1.807) is 0 Å². The first-order valence-electron chi connectivity index (χ1n) is 9.40. The molecule has 0 radical (unpaired) electrons. The van der Waals surface area contributed by atoms with Gasteiger partial charge in [0.2, 0.25) is 5.91 Å². The Hall–Kier alpha value is -1.59. The van der Waals surface area contributed by atoms with Gasteiger partial charge in [-0.3, -0.25) is 4.79 Å². The zero-order chi connectivity index (χ0) is 18.4. The molecule has 25 heavy (non-hydrogen) atoms. The minimum absolute atomic E-state index is 0.0570. The highest BCUT2D eigenvalue weighted by atomic mass is 16.5. The van der Waals surface area contributed by atoms with E-state index in [-0.39, 0.29) is 11.8 Å². The Morgan fingerprint density at radius 3 is 2.44 bits per heavy atom. The van der Waals surface area contributed by atoms with E-state index in [1.807, 2.05) is 36.9 Å². The molecule has 1 fully saturated rings. The topological polar surface area (TPSA) is 54.2 Å². The molecule has 2 N–H and O–H groups in total. The van der Waals surface area contributed by atoms with Crippen LogP contribution in [0.3, 0.4) is 0 Å². The number of benzene rings is 1. The van der Waals surface area contributed by atoms with Gasteiger partial charge in [-0.2, -0.15) is 0 Å². The van der Waals surface area contributed by atoms with Crippen LogP contribution in [0.5, 0.6) is 5.75 Å². The summed E-state index contributed by atoms with van der Waals surface area (Å²) >= 11 is 0. The van der Waals surface area contributed by atoms with Crippen molar-refractivity contribution in [3.05, 3.63) is 29.8 Å². The van der Waals surface area contributed by atoms with Gasteiger partial charge in [-0.15, -0.1) is 0 Å². The summed E-state index contributed by atoms with van der Waals surface area (Å²) in [5.41, 5.74) is 1.17. The molecule has 1 aliphatic rings. The fraction of sp³-hybridized carbons (Fsp3) is 0.650. The predicted molar refractivity (Wildman–Crippen MR) is 99.0 cm³/mol. The molecule has 0 bridgehead atoms. The molecule has 1 saturated heterocycles. The maximum atomic E-state index is 12.0. The van der Waals surface area contributed by atoms with Crippen LogP contribution in [0, 0.1) is 5.92 Å². The third-order valence-corrected chi connectivity index (χ3v) is 4.77. The van der Waals surface area contributed by atoms with Crippen molar-refractivity contribution in [2.75, 3.05) is 39.3 Å². The minimum Gasteiger partial charge on any atom is -0.490 e. The van der Waals surface area contributed by atoms with E-state index >= 15 is 0 Å². The van der Waals surface area contributed by atoms with Crippen LogP contribution in [0.15, 0.2) is 24.3 Å². The van der Waals surface area contributed by atoms with Gasteiger partial charge in [0, 0.05) is 5.92 Å². The summed E-state index contributed by atoms with van der Waals surface area (Å²) in [6, 6.07) is 8.01. The van der Waals surface area contributed by atoms with Crippen molar-refractivity contribution in [3.63, 3.8) is 0 Å². The molecule has 5 heteroatoms. The summed E-state index contributed by atoms with van der Waals surface area (Å²) in [5, 5.41) is 10.3. The molecule has 1 atom stereocenters. The highest BCUT2D eigenvalue weighted by molar-refractivity contribution is 5.78. The molecule has 1 heterocycles. The molecule has 1 aromatic rings. The van der Waals surface area contributed by atoms with Crippen LogP contribution < -0.4 is 9.64 Å². The smallest absolute Gasteiger partial charge is 0.225 e. The van der Waals surface area contributed by atoms with Gasteiger partial charge in [-0.25, -0.2) is 0 Å². The van der Waals surface area contributed by atoms with Crippen molar-refractivity contribution < 1.29 is 19.5 Å². The maximum Gasteiger partial charge on any atom is 0.225 e. The van der Waals surface area contributed by atoms with Gasteiger partial charge in [0.15, 0.2) is 0 Å². The zero-order valence-electron chi connectivity index (χ0n) is 16.0. The third-order valence-electron chi connectivity index (χ3n) is 4.77. The van der Waals surface area contributed by atoms with Crippen LogP contribution in [0.2, 0.25) is 0 Å². The van der Waals surface area contributed by atoms with Crippen molar-refractivity contribution >= 4 is 5.91 Å². The Labute approximate surface area is 151 Å². The fourth-order valence-corrected chi connectivity index (χ4v) is 3.28. The fourth-order valence-electron chi connectivity index (χ4n) is 3.28. The molecule has 1 aromatic carbocycles. The van der Waals surface area contributed by atoms with E-state index in [4.69, 9.17) is 4.74 Å². The first kappa shape index (κ1) is 19.7. The van der Waals surface area contributed by atoms with Gasteiger partial charge in [0.05, 0.1) is 26.2 Å². The molecule has 0 aliphatic carbocycles. The molecule has 5 nitrogen and oxygen atoms in total. The van der Waals surface area contributed by atoms with Gasteiger partial charge in [0.1, 0.15) is 25.0 Å². The average Bonchev–Trinajstić information content (AvgIpc) is 2.60. The second-order valence-corrected chi connectivity index (χ2v) is 7.59. The lowest BCUT2D eigenvalue weighted by Crippen LogP contribution is -3.16. The molecule has 0 saturated carbocycles. The first-order valence-corrected chi connectivity index (χ1v) is 9.40. The van der Waals surface area contributed by atoms with Gasteiger partial charge in [0.25, 0.3) is 0 Å². The summed E-state index contributed by atoms with van der Waals surface area (Å²) in [6.45, 7) is 12.5. The molecular formula is C20H33N2O3+. The number of amides is 1. The highest BCUT2D eigenvalue weighted by Gasteiger charge is 2.26. The van der Waals surface area contributed by atoms with Crippen molar-refractivity contribution in [1.29, 1.82) is 0 Å². The van der Waals surface area contributed by atoms with E-state index in [2.05, 4.69) is 19.9 Å². The zero-order valence-corrected chi connectivity index (χ0v) is 16.0.